The van der Waals surface area contributed by atoms with Crippen LogP contribution in [0.2, 0.25) is 0 Å². The minimum atomic E-state index is 0.291. The Balaban J connectivity index is 1.60. The number of aromatic nitrogens is 3. The van der Waals surface area contributed by atoms with E-state index in [1.165, 1.54) is 11.1 Å². The molecule has 1 aromatic heterocycles. The van der Waals surface area contributed by atoms with Gasteiger partial charge in [-0.1, -0.05) is 76.2 Å². The van der Waals surface area contributed by atoms with Gasteiger partial charge in [-0.05, 0) is 41.0 Å². The first-order valence-electron chi connectivity index (χ1n) is 10.4. The molecule has 2 aromatic carbocycles. The Morgan fingerprint density at radius 2 is 1.19 bits per heavy atom. The highest BCUT2D eigenvalue weighted by atomic mass is 15.4. The van der Waals surface area contributed by atoms with E-state index in [0.29, 0.717) is 29.3 Å². The van der Waals surface area contributed by atoms with Gasteiger partial charge in [-0.25, -0.2) is 5.43 Å². The van der Waals surface area contributed by atoms with Crippen molar-refractivity contribution in [3.05, 3.63) is 76.5 Å². The zero-order valence-corrected chi connectivity index (χ0v) is 18.7. The van der Waals surface area contributed by atoms with E-state index in [-0.39, 0.29) is 0 Å². The van der Waals surface area contributed by atoms with Gasteiger partial charge in [0.05, 0.1) is 12.4 Å². The molecule has 0 fully saturated rings. The lowest BCUT2D eigenvalue weighted by Crippen LogP contribution is -2.05. The maximum absolute atomic E-state index is 4.39. The Bertz CT molecular complexity index is 1040. The Hall–Kier alpha value is -3.61. The minimum absolute atomic E-state index is 0.291. The summed E-state index contributed by atoms with van der Waals surface area (Å²) < 4.78 is 0. The first-order chi connectivity index (χ1) is 14.9. The third kappa shape index (κ3) is 6.44. The van der Waals surface area contributed by atoms with Crippen molar-refractivity contribution < 1.29 is 0 Å². The second kappa shape index (κ2) is 10.4. The Labute approximate surface area is 183 Å². The van der Waals surface area contributed by atoms with Gasteiger partial charge in [-0.2, -0.15) is 15.2 Å². The number of nitrogens with zero attached hydrogens (tertiary/aromatic N) is 5. The normalized spacial score (nSPS) is 11.7. The molecule has 0 aliphatic rings. The maximum atomic E-state index is 4.39. The van der Waals surface area contributed by atoms with Crippen LogP contribution in [0.3, 0.4) is 0 Å². The Morgan fingerprint density at radius 3 is 1.68 bits per heavy atom. The van der Waals surface area contributed by atoms with Crippen molar-refractivity contribution >= 4 is 24.2 Å². The summed E-state index contributed by atoms with van der Waals surface area (Å²) in [5.41, 5.74) is 11.0. The number of benzene rings is 2. The second-order valence-corrected chi connectivity index (χ2v) is 7.95. The molecule has 1 heterocycles. The van der Waals surface area contributed by atoms with Crippen LogP contribution in [-0.2, 0) is 0 Å². The number of nitrogens with one attached hydrogen (secondary N) is 2. The standard InChI is InChI=1S/C24H29N7/c1-16(2)21-10-6-19(7-11-21)14-25-29-23-18(5)28-31-24(27-23)30-26-15-20-8-12-22(13-9-20)17(3)4/h6-17H,1-5H3,(H2,27,29,30,31). The third-order valence-corrected chi connectivity index (χ3v) is 4.82. The molecule has 0 unspecified atom stereocenters. The number of aryl methyl sites for hydroxylation is 1. The van der Waals surface area contributed by atoms with Gasteiger partial charge in [-0.15, -0.1) is 10.2 Å². The molecule has 0 saturated carbocycles. The molecule has 0 spiro atoms. The molecular weight excluding hydrogens is 386 g/mol. The molecule has 7 heteroatoms. The third-order valence-electron chi connectivity index (χ3n) is 4.82. The number of rotatable bonds is 8. The van der Waals surface area contributed by atoms with Crippen molar-refractivity contribution in [2.75, 3.05) is 10.9 Å². The molecule has 31 heavy (non-hydrogen) atoms. The van der Waals surface area contributed by atoms with Gasteiger partial charge in [-0.3, -0.25) is 5.43 Å². The fraction of sp³-hybridized carbons (Fsp3) is 0.292. The summed E-state index contributed by atoms with van der Waals surface area (Å²) in [6, 6.07) is 16.6. The predicted octanol–water partition coefficient (Wildman–Crippen LogP) is 5.32. The number of hydrogen-bond donors (Lipinski definition) is 2. The van der Waals surface area contributed by atoms with E-state index in [1.54, 1.807) is 12.4 Å². The second-order valence-electron chi connectivity index (χ2n) is 7.95. The monoisotopic (exact) mass is 415 g/mol. The van der Waals surface area contributed by atoms with E-state index in [2.05, 4.69) is 88.2 Å². The van der Waals surface area contributed by atoms with E-state index < -0.39 is 0 Å². The summed E-state index contributed by atoms with van der Waals surface area (Å²) in [5.74, 6) is 1.82. The molecule has 0 atom stereocenters. The zero-order chi connectivity index (χ0) is 22.2. The maximum Gasteiger partial charge on any atom is 0.265 e. The van der Waals surface area contributed by atoms with Crippen LogP contribution < -0.4 is 10.9 Å². The van der Waals surface area contributed by atoms with Crippen molar-refractivity contribution in [1.29, 1.82) is 0 Å². The van der Waals surface area contributed by atoms with Crippen LogP contribution in [0.5, 0.6) is 0 Å². The van der Waals surface area contributed by atoms with Crippen molar-refractivity contribution in [2.45, 2.75) is 46.5 Å². The molecule has 3 rings (SSSR count). The lowest BCUT2D eigenvalue weighted by molar-refractivity contribution is 0.866. The topological polar surface area (TPSA) is 87.5 Å². The van der Waals surface area contributed by atoms with E-state index in [0.717, 1.165) is 11.1 Å². The van der Waals surface area contributed by atoms with Gasteiger partial charge >= 0.3 is 0 Å². The van der Waals surface area contributed by atoms with Crippen molar-refractivity contribution in [1.82, 2.24) is 15.2 Å². The number of hydrogen-bond acceptors (Lipinski definition) is 7. The summed E-state index contributed by atoms with van der Waals surface area (Å²) in [6.07, 6.45) is 3.47. The van der Waals surface area contributed by atoms with Gasteiger partial charge in [0, 0.05) is 0 Å². The Kier molecular flexibility index (Phi) is 7.43. The molecule has 0 bridgehead atoms. The first-order valence-corrected chi connectivity index (χ1v) is 10.4. The van der Waals surface area contributed by atoms with Crippen LogP contribution in [0.4, 0.5) is 11.8 Å². The molecule has 0 aliphatic heterocycles. The highest BCUT2D eigenvalue weighted by molar-refractivity contribution is 5.80. The summed E-state index contributed by atoms with van der Waals surface area (Å²) in [4.78, 5) is 4.39. The van der Waals surface area contributed by atoms with E-state index in [4.69, 9.17) is 0 Å². The minimum Gasteiger partial charge on any atom is -0.260 e. The first kappa shape index (κ1) is 22.1. The lowest BCUT2D eigenvalue weighted by atomic mass is 10.0. The largest absolute Gasteiger partial charge is 0.265 e. The summed E-state index contributed by atoms with van der Waals surface area (Å²) in [7, 11) is 0. The van der Waals surface area contributed by atoms with E-state index in [9.17, 15) is 0 Å². The molecule has 0 aliphatic carbocycles. The molecule has 160 valence electrons. The van der Waals surface area contributed by atoms with E-state index >= 15 is 0 Å². The number of anilines is 2. The van der Waals surface area contributed by atoms with Crippen molar-refractivity contribution in [3.63, 3.8) is 0 Å². The molecule has 0 amide bonds. The number of hydrazone groups is 2. The molecule has 2 N–H and O–H groups in total. The quantitative estimate of drug-likeness (QED) is 0.384. The summed E-state index contributed by atoms with van der Waals surface area (Å²) in [5, 5.41) is 16.6. The van der Waals surface area contributed by atoms with Gasteiger partial charge in [0.2, 0.25) is 0 Å². The van der Waals surface area contributed by atoms with Gasteiger partial charge in [0.15, 0.2) is 5.82 Å². The van der Waals surface area contributed by atoms with Gasteiger partial charge < -0.3 is 0 Å². The average Bonchev–Trinajstić information content (AvgIpc) is 2.76. The average molecular weight is 416 g/mol. The van der Waals surface area contributed by atoms with Crippen LogP contribution in [0, 0.1) is 6.92 Å². The predicted molar refractivity (Wildman–Crippen MR) is 128 cm³/mol. The summed E-state index contributed by atoms with van der Waals surface area (Å²) >= 11 is 0. The summed E-state index contributed by atoms with van der Waals surface area (Å²) in [6.45, 7) is 10.5. The van der Waals surface area contributed by atoms with Crippen LogP contribution in [0.1, 0.15) is 67.5 Å². The molecule has 0 radical (unpaired) electrons. The molecule has 3 aromatic rings. The van der Waals surface area contributed by atoms with Gasteiger partial charge in [0.25, 0.3) is 5.95 Å². The van der Waals surface area contributed by atoms with Crippen molar-refractivity contribution in [2.24, 2.45) is 10.2 Å². The van der Waals surface area contributed by atoms with Gasteiger partial charge in [0.1, 0.15) is 5.69 Å². The molecular formula is C24H29N7. The van der Waals surface area contributed by atoms with Crippen LogP contribution >= 0.6 is 0 Å². The highest BCUT2D eigenvalue weighted by Crippen LogP contribution is 2.15. The molecule has 0 saturated heterocycles. The lowest BCUT2D eigenvalue weighted by Gasteiger charge is -2.06. The molecule has 7 nitrogen and oxygen atoms in total. The van der Waals surface area contributed by atoms with Crippen molar-refractivity contribution in [3.8, 4) is 0 Å². The fourth-order valence-electron chi connectivity index (χ4n) is 2.80. The van der Waals surface area contributed by atoms with Crippen LogP contribution in [-0.4, -0.2) is 27.6 Å². The zero-order valence-electron chi connectivity index (χ0n) is 18.7. The highest BCUT2D eigenvalue weighted by Gasteiger charge is 2.04. The van der Waals surface area contributed by atoms with Crippen LogP contribution in [0.25, 0.3) is 0 Å². The van der Waals surface area contributed by atoms with E-state index in [1.807, 2.05) is 31.2 Å². The smallest absolute Gasteiger partial charge is 0.260 e. The Morgan fingerprint density at radius 1 is 0.710 bits per heavy atom. The fourth-order valence-corrected chi connectivity index (χ4v) is 2.80. The van der Waals surface area contributed by atoms with Crippen LogP contribution in [0.15, 0.2) is 58.7 Å². The SMILES string of the molecule is Cc1nnc(NN=Cc2ccc(C(C)C)cc2)nc1NN=Cc1ccc(C(C)C)cc1.